The maximum atomic E-state index is 13.1. The van der Waals surface area contributed by atoms with Crippen LogP contribution in [0.2, 0.25) is 0 Å². The first-order chi connectivity index (χ1) is 14.2. The van der Waals surface area contributed by atoms with Crippen molar-refractivity contribution >= 4 is 11.5 Å². The number of anilines is 2. The van der Waals surface area contributed by atoms with Crippen LogP contribution in [0.5, 0.6) is 0 Å². The SMILES string of the molecule is Cc1ccccc1CNCc1ccnc(N2CCN(c3ccc(F)cc3)CC2)c1. The van der Waals surface area contributed by atoms with E-state index < -0.39 is 0 Å². The van der Waals surface area contributed by atoms with E-state index in [1.807, 2.05) is 18.3 Å². The van der Waals surface area contributed by atoms with Gasteiger partial charge in [-0.1, -0.05) is 24.3 Å². The zero-order valence-electron chi connectivity index (χ0n) is 16.8. The molecule has 0 saturated carbocycles. The van der Waals surface area contributed by atoms with E-state index in [-0.39, 0.29) is 5.82 Å². The van der Waals surface area contributed by atoms with E-state index in [0.717, 1.165) is 50.8 Å². The summed E-state index contributed by atoms with van der Waals surface area (Å²) in [5.74, 6) is 0.836. The lowest BCUT2D eigenvalue weighted by Crippen LogP contribution is -2.46. The highest BCUT2D eigenvalue weighted by Crippen LogP contribution is 2.20. The first-order valence-electron chi connectivity index (χ1n) is 10.1. The second kappa shape index (κ2) is 9.05. The Hall–Kier alpha value is -2.92. The molecular weight excluding hydrogens is 363 g/mol. The zero-order chi connectivity index (χ0) is 20.1. The fourth-order valence-corrected chi connectivity index (χ4v) is 3.74. The Morgan fingerprint density at radius 3 is 2.38 bits per heavy atom. The van der Waals surface area contributed by atoms with Gasteiger partial charge < -0.3 is 15.1 Å². The van der Waals surface area contributed by atoms with E-state index >= 15 is 0 Å². The van der Waals surface area contributed by atoms with Crippen molar-refractivity contribution in [3.05, 3.63) is 89.4 Å². The van der Waals surface area contributed by atoms with Crippen molar-refractivity contribution in [1.29, 1.82) is 0 Å². The molecule has 2 heterocycles. The minimum Gasteiger partial charge on any atom is -0.368 e. The lowest BCUT2D eigenvalue weighted by atomic mass is 10.1. The quantitative estimate of drug-likeness (QED) is 0.685. The van der Waals surface area contributed by atoms with Crippen molar-refractivity contribution in [2.75, 3.05) is 36.0 Å². The molecule has 1 N–H and O–H groups in total. The van der Waals surface area contributed by atoms with E-state index in [9.17, 15) is 4.39 Å². The summed E-state index contributed by atoms with van der Waals surface area (Å²) >= 11 is 0. The van der Waals surface area contributed by atoms with E-state index in [1.165, 1.54) is 28.8 Å². The highest BCUT2D eigenvalue weighted by molar-refractivity contribution is 5.49. The van der Waals surface area contributed by atoms with Crippen molar-refractivity contribution in [3.8, 4) is 0 Å². The van der Waals surface area contributed by atoms with Crippen LogP contribution in [-0.4, -0.2) is 31.2 Å². The first kappa shape index (κ1) is 19.4. The van der Waals surface area contributed by atoms with Crippen LogP contribution < -0.4 is 15.1 Å². The summed E-state index contributed by atoms with van der Waals surface area (Å²) in [5, 5.41) is 3.54. The number of hydrogen-bond donors (Lipinski definition) is 1. The molecule has 0 amide bonds. The summed E-state index contributed by atoms with van der Waals surface area (Å²) in [7, 11) is 0. The number of rotatable bonds is 6. The molecule has 0 spiro atoms. The third-order valence-corrected chi connectivity index (χ3v) is 5.51. The normalized spacial score (nSPS) is 14.3. The van der Waals surface area contributed by atoms with Gasteiger partial charge in [-0.25, -0.2) is 9.37 Å². The summed E-state index contributed by atoms with van der Waals surface area (Å²) in [6.07, 6.45) is 1.90. The average molecular weight is 391 g/mol. The average Bonchev–Trinajstić information content (AvgIpc) is 2.76. The Morgan fingerprint density at radius 1 is 0.897 bits per heavy atom. The Labute approximate surface area is 172 Å². The van der Waals surface area contributed by atoms with Crippen molar-refractivity contribution in [3.63, 3.8) is 0 Å². The lowest BCUT2D eigenvalue weighted by molar-refractivity contribution is 0.624. The van der Waals surface area contributed by atoms with Gasteiger partial charge in [-0.15, -0.1) is 0 Å². The largest absolute Gasteiger partial charge is 0.368 e. The number of nitrogens with zero attached hydrogens (tertiary/aromatic N) is 3. The fraction of sp³-hybridized carbons (Fsp3) is 0.292. The second-order valence-corrected chi connectivity index (χ2v) is 7.50. The number of hydrogen-bond acceptors (Lipinski definition) is 4. The number of aromatic nitrogens is 1. The maximum Gasteiger partial charge on any atom is 0.128 e. The summed E-state index contributed by atoms with van der Waals surface area (Å²) in [4.78, 5) is 9.20. The smallest absolute Gasteiger partial charge is 0.128 e. The maximum absolute atomic E-state index is 13.1. The van der Waals surface area contributed by atoms with Gasteiger partial charge in [-0.3, -0.25) is 0 Å². The van der Waals surface area contributed by atoms with E-state index in [1.54, 1.807) is 0 Å². The van der Waals surface area contributed by atoms with Gasteiger partial charge in [-0.05, 0) is 60.0 Å². The molecule has 4 nitrogen and oxygen atoms in total. The molecule has 1 aliphatic rings. The highest BCUT2D eigenvalue weighted by atomic mass is 19.1. The van der Waals surface area contributed by atoms with Crippen molar-refractivity contribution < 1.29 is 4.39 Å². The van der Waals surface area contributed by atoms with Gasteiger partial charge in [0.1, 0.15) is 11.6 Å². The van der Waals surface area contributed by atoms with Crippen LogP contribution in [0.15, 0.2) is 66.9 Å². The van der Waals surface area contributed by atoms with Gasteiger partial charge >= 0.3 is 0 Å². The lowest BCUT2D eigenvalue weighted by Gasteiger charge is -2.36. The zero-order valence-corrected chi connectivity index (χ0v) is 16.8. The summed E-state index contributed by atoms with van der Waals surface area (Å²) in [6, 6.07) is 19.5. The molecule has 5 heteroatoms. The Bertz CT molecular complexity index is 934. The predicted molar refractivity (Wildman–Crippen MR) is 117 cm³/mol. The molecule has 4 rings (SSSR count). The molecule has 0 aliphatic carbocycles. The van der Waals surface area contributed by atoms with Crippen LogP contribution in [0.1, 0.15) is 16.7 Å². The van der Waals surface area contributed by atoms with Crippen LogP contribution >= 0.6 is 0 Å². The fourth-order valence-electron chi connectivity index (χ4n) is 3.74. The molecule has 3 aromatic rings. The number of nitrogens with one attached hydrogen (secondary N) is 1. The standard InChI is InChI=1S/C24H27FN4/c1-19-4-2-3-5-21(19)18-26-17-20-10-11-27-24(16-20)29-14-12-28(13-15-29)23-8-6-22(25)7-9-23/h2-11,16,26H,12-15,17-18H2,1H3. The number of benzene rings is 2. The van der Waals surface area contributed by atoms with Gasteiger partial charge in [0.15, 0.2) is 0 Å². The molecule has 1 fully saturated rings. The molecular formula is C24H27FN4. The number of halogens is 1. The summed E-state index contributed by atoms with van der Waals surface area (Å²) in [5.41, 5.74) is 4.96. The Kier molecular flexibility index (Phi) is 6.06. The number of pyridine rings is 1. The molecule has 2 aromatic carbocycles. The van der Waals surface area contributed by atoms with Crippen molar-refractivity contribution in [2.24, 2.45) is 0 Å². The van der Waals surface area contributed by atoms with Crippen LogP contribution in [0.25, 0.3) is 0 Å². The van der Waals surface area contributed by atoms with E-state index in [4.69, 9.17) is 0 Å². The highest BCUT2D eigenvalue weighted by Gasteiger charge is 2.18. The Morgan fingerprint density at radius 2 is 1.62 bits per heavy atom. The second-order valence-electron chi connectivity index (χ2n) is 7.50. The topological polar surface area (TPSA) is 31.4 Å². The summed E-state index contributed by atoms with van der Waals surface area (Å²) in [6.45, 7) is 7.45. The third-order valence-electron chi connectivity index (χ3n) is 5.51. The van der Waals surface area contributed by atoms with Gasteiger partial charge in [0, 0.05) is 51.2 Å². The van der Waals surface area contributed by atoms with Crippen molar-refractivity contribution in [2.45, 2.75) is 20.0 Å². The van der Waals surface area contributed by atoms with Crippen LogP contribution in [0.3, 0.4) is 0 Å². The Balaban J connectivity index is 1.32. The van der Waals surface area contributed by atoms with Gasteiger partial charge in [0.05, 0.1) is 0 Å². The molecule has 1 aliphatic heterocycles. The summed E-state index contributed by atoms with van der Waals surface area (Å²) < 4.78 is 13.1. The van der Waals surface area contributed by atoms with Gasteiger partial charge in [0.25, 0.3) is 0 Å². The van der Waals surface area contributed by atoms with Crippen LogP contribution in [0.4, 0.5) is 15.9 Å². The molecule has 0 unspecified atom stereocenters. The minimum absolute atomic E-state index is 0.190. The molecule has 150 valence electrons. The van der Waals surface area contributed by atoms with Crippen molar-refractivity contribution in [1.82, 2.24) is 10.3 Å². The molecule has 1 aromatic heterocycles. The first-order valence-corrected chi connectivity index (χ1v) is 10.1. The molecule has 29 heavy (non-hydrogen) atoms. The molecule has 0 atom stereocenters. The van der Waals surface area contributed by atoms with Crippen LogP contribution in [-0.2, 0) is 13.1 Å². The third kappa shape index (κ3) is 4.93. The number of piperazine rings is 1. The van der Waals surface area contributed by atoms with E-state index in [0.29, 0.717) is 0 Å². The number of aryl methyl sites for hydroxylation is 1. The molecule has 1 saturated heterocycles. The molecule has 0 radical (unpaired) electrons. The van der Waals surface area contributed by atoms with Crippen LogP contribution in [0, 0.1) is 12.7 Å². The van der Waals surface area contributed by atoms with Gasteiger partial charge in [-0.2, -0.15) is 0 Å². The minimum atomic E-state index is -0.190. The monoisotopic (exact) mass is 390 g/mol. The van der Waals surface area contributed by atoms with Gasteiger partial charge in [0.2, 0.25) is 0 Å². The van der Waals surface area contributed by atoms with E-state index in [2.05, 4.69) is 63.4 Å². The predicted octanol–water partition coefficient (Wildman–Crippen LogP) is 4.15. The molecule has 0 bridgehead atoms.